The summed E-state index contributed by atoms with van der Waals surface area (Å²) in [6.45, 7) is 2.30. The van der Waals surface area contributed by atoms with Gasteiger partial charge < -0.3 is 14.6 Å². The second kappa shape index (κ2) is 8.71. The van der Waals surface area contributed by atoms with Crippen LogP contribution in [0.3, 0.4) is 0 Å². The van der Waals surface area contributed by atoms with Crippen LogP contribution in [-0.4, -0.2) is 61.0 Å². The third-order valence-electron chi connectivity index (χ3n) is 4.71. The van der Waals surface area contributed by atoms with Crippen molar-refractivity contribution in [1.82, 2.24) is 4.90 Å². The van der Waals surface area contributed by atoms with Gasteiger partial charge >= 0.3 is 5.97 Å². The molecule has 2 fully saturated rings. The average molecular weight is 299 g/mol. The number of nitrogens with zero attached hydrogens (tertiary/aromatic N) is 1. The highest BCUT2D eigenvalue weighted by Gasteiger charge is 2.30. The Morgan fingerprint density at radius 2 is 2.05 bits per heavy atom. The summed E-state index contributed by atoms with van der Waals surface area (Å²) in [5, 5.41) is 10.4. The molecule has 0 amide bonds. The van der Waals surface area contributed by atoms with Crippen LogP contribution in [0.5, 0.6) is 0 Å². The molecule has 1 heterocycles. The first-order chi connectivity index (χ1) is 10.2. The van der Waals surface area contributed by atoms with Gasteiger partial charge in [-0.25, -0.2) is 0 Å². The third kappa shape index (κ3) is 5.24. The van der Waals surface area contributed by atoms with E-state index in [9.17, 15) is 9.90 Å². The molecule has 21 heavy (non-hydrogen) atoms. The van der Waals surface area contributed by atoms with E-state index >= 15 is 0 Å². The van der Waals surface area contributed by atoms with E-state index in [1.807, 2.05) is 0 Å². The van der Waals surface area contributed by atoms with Crippen molar-refractivity contribution in [2.75, 3.05) is 26.8 Å². The van der Waals surface area contributed by atoms with E-state index in [0.717, 1.165) is 51.7 Å². The number of aliphatic hydroxyl groups excluding tert-OH is 1. The molecular weight excluding hydrogens is 270 g/mol. The molecule has 2 aliphatic rings. The molecular formula is C16H29NO4. The lowest BCUT2D eigenvalue weighted by Gasteiger charge is -2.35. The molecule has 5 heteroatoms. The van der Waals surface area contributed by atoms with Crippen molar-refractivity contribution in [3.63, 3.8) is 0 Å². The van der Waals surface area contributed by atoms with Gasteiger partial charge in [-0.2, -0.15) is 0 Å². The smallest absolute Gasteiger partial charge is 0.306 e. The number of hydrogen-bond acceptors (Lipinski definition) is 5. The largest absolute Gasteiger partial charge is 0.469 e. The van der Waals surface area contributed by atoms with Crippen molar-refractivity contribution in [2.24, 2.45) is 0 Å². The topological polar surface area (TPSA) is 59.0 Å². The van der Waals surface area contributed by atoms with Crippen LogP contribution in [0, 0.1) is 0 Å². The molecule has 122 valence electrons. The summed E-state index contributed by atoms with van der Waals surface area (Å²) in [4.78, 5) is 13.7. The SMILES string of the molecule is COC(=O)CCN(CC1CCCO1)C1CCCCCC1O. The molecule has 1 N–H and O–H groups in total. The molecule has 3 atom stereocenters. The second-order valence-electron chi connectivity index (χ2n) is 6.23. The Labute approximate surface area is 127 Å². The first-order valence-corrected chi connectivity index (χ1v) is 8.31. The zero-order valence-corrected chi connectivity index (χ0v) is 13.1. The van der Waals surface area contributed by atoms with Crippen LogP contribution >= 0.6 is 0 Å². The highest BCUT2D eigenvalue weighted by atomic mass is 16.5. The molecule has 0 aromatic carbocycles. The lowest BCUT2D eigenvalue weighted by atomic mass is 10.0. The highest BCUT2D eigenvalue weighted by Crippen LogP contribution is 2.24. The fourth-order valence-electron chi connectivity index (χ4n) is 3.47. The molecule has 1 aliphatic carbocycles. The molecule has 1 saturated heterocycles. The molecule has 1 aliphatic heterocycles. The van der Waals surface area contributed by atoms with Crippen LogP contribution in [0.15, 0.2) is 0 Å². The van der Waals surface area contributed by atoms with Crippen LogP contribution in [-0.2, 0) is 14.3 Å². The maximum atomic E-state index is 11.4. The number of methoxy groups -OCH3 is 1. The monoisotopic (exact) mass is 299 g/mol. The first-order valence-electron chi connectivity index (χ1n) is 8.31. The molecule has 0 radical (unpaired) electrons. The van der Waals surface area contributed by atoms with E-state index in [1.54, 1.807) is 0 Å². The summed E-state index contributed by atoms with van der Waals surface area (Å²) in [6, 6.07) is 0.154. The third-order valence-corrected chi connectivity index (χ3v) is 4.71. The maximum Gasteiger partial charge on any atom is 0.306 e. The Bertz CT molecular complexity index is 317. The summed E-state index contributed by atoms with van der Waals surface area (Å²) in [5.74, 6) is -0.185. The van der Waals surface area contributed by atoms with Crippen LogP contribution in [0.4, 0.5) is 0 Å². The number of rotatable bonds is 6. The van der Waals surface area contributed by atoms with Gasteiger partial charge in [0.25, 0.3) is 0 Å². The van der Waals surface area contributed by atoms with E-state index in [0.29, 0.717) is 13.0 Å². The van der Waals surface area contributed by atoms with Crippen molar-refractivity contribution in [3.05, 3.63) is 0 Å². The standard InChI is InChI=1S/C16H29NO4/c1-20-16(19)9-10-17(12-13-6-5-11-21-13)14-7-3-2-4-8-15(14)18/h13-15,18H,2-12H2,1H3. The quantitative estimate of drug-likeness (QED) is 0.598. The van der Waals surface area contributed by atoms with Crippen molar-refractivity contribution >= 4 is 5.97 Å². The first kappa shape index (κ1) is 16.7. The molecule has 0 spiro atoms. The normalized spacial score (nSPS) is 30.3. The van der Waals surface area contributed by atoms with Crippen molar-refractivity contribution in [2.45, 2.75) is 69.6 Å². The maximum absolute atomic E-state index is 11.4. The van der Waals surface area contributed by atoms with Gasteiger partial charge in [-0.3, -0.25) is 9.69 Å². The van der Waals surface area contributed by atoms with Gasteiger partial charge in [0.15, 0.2) is 0 Å². The van der Waals surface area contributed by atoms with Crippen LogP contribution in [0.1, 0.15) is 51.4 Å². The second-order valence-corrected chi connectivity index (χ2v) is 6.23. The number of esters is 1. The van der Waals surface area contributed by atoms with Gasteiger partial charge in [0.2, 0.25) is 0 Å². The van der Waals surface area contributed by atoms with Gasteiger partial charge in [0.1, 0.15) is 0 Å². The van der Waals surface area contributed by atoms with Crippen LogP contribution < -0.4 is 0 Å². The molecule has 0 aromatic rings. The van der Waals surface area contributed by atoms with Crippen molar-refractivity contribution in [1.29, 1.82) is 0 Å². The lowest BCUT2D eigenvalue weighted by Crippen LogP contribution is -2.47. The molecule has 1 saturated carbocycles. The fraction of sp³-hybridized carbons (Fsp3) is 0.938. The number of hydrogen-bond donors (Lipinski definition) is 1. The van der Waals surface area contributed by atoms with Crippen molar-refractivity contribution < 1.29 is 19.4 Å². The van der Waals surface area contributed by atoms with Crippen LogP contribution in [0.25, 0.3) is 0 Å². The molecule has 0 bridgehead atoms. The predicted octanol–water partition coefficient (Wildman–Crippen LogP) is 1.72. The molecule has 3 unspecified atom stereocenters. The molecule has 2 rings (SSSR count). The summed E-state index contributed by atoms with van der Waals surface area (Å²) in [7, 11) is 1.42. The van der Waals surface area contributed by atoms with Crippen LogP contribution in [0.2, 0.25) is 0 Å². The fourth-order valence-corrected chi connectivity index (χ4v) is 3.47. The Morgan fingerprint density at radius 1 is 1.24 bits per heavy atom. The summed E-state index contributed by atoms with van der Waals surface area (Å²) < 4.78 is 10.5. The van der Waals surface area contributed by atoms with Crippen molar-refractivity contribution in [3.8, 4) is 0 Å². The number of carbonyl (C=O) groups excluding carboxylic acids is 1. The van der Waals surface area contributed by atoms with Gasteiger partial charge in [-0.15, -0.1) is 0 Å². The van der Waals surface area contributed by atoms with E-state index in [4.69, 9.17) is 9.47 Å². The van der Waals surface area contributed by atoms with E-state index in [1.165, 1.54) is 13.5 Å². The Morgan fingerprint density at radius 3 is 2.76 bits per heavy atom. The Hall–Kier alpha value is -0.650. The minimum Gasteiger partial charge on any atom is -0.469 e. The zero-order chi connectivity index (χ0) is 15.1. The number of ether oxygens (including phenoxy) is 2. The summed E-state index contributed by atoms with van der Waals surface area (Å²) >= 11 is 0. The van der Waals surface area contributed by atoms with Gasteiger partial charge in [0.05, 0.1) is 25.7 Å². The molecule has 0 aromatic heterocycles. The minimum atomic E-state index is -0.286. The zero-order valence-electron chi connectivity index (χ0n) is 13.1. The van der Waals surface area contributed by atoms with E-state index < -0.39 is 0 Å². The minimum absolute atomic E-state index is 0.154. The average Bonchev–Trinajstić information content (AvgIpc) is 2.91. The summed E-state index contributed by atoms with van der Waals surface area (Å²) in [6.07, 6.45) is 7.86. The predicted molar refractivity (Wildman–Crippen MR) is 80.1 cm³/mol. The highest BCUT2D eigenvalue weighted by molar-refractivity contribution is 5.69. The Kier molecular flexibility index (Phi) is 6.93. The lowest BCUT2D eigenvalue weighted by molar-refractivity contribution is -0.141. The Balaban J connectivity index is 1.95. The van der Waals surface area contributed by atoms with Gasteiger partial charge in [0, 0.05) is 25.7 Å². The van der Waals surface area contributed by atoms with Gasteiger partial charge in [-0.1, -0.05) is 19.3 Å². The summed E-state index contributed by atoms with van der Waals surface area (Å²) in [5.41, 5.74) is 0. The number of carbonyl (C=O) groups is 1. The van der Waals surface area contributed by atoms with E-state index in [-0.39, 0.29) is 24.2 Å². The van der Waals surface area contributed by atoms with Gasteiger partial charge in [-0.05, 0) is 25.7 Å². The molecule has 5 nitrogen and oxygen atoms in total. The number of aliphatic hydroxyl groups is 1. The van der Waals surface area contributed by atoms with E-state index in [2.05, 4.69) is 4.90 Å².